The van der Waals surface area contributed by atoms with E-state index in [1.54, 1.807) is 30.4 Å². The Balaban J connectivity index is 1.92. The van der Waals surface area contributed by atoms with Crippen LogP contribution in [0, 0.1) is 5.41 Å². The zero-order valence-corrected chi connectivity index (χ0v) is 12.6. The van der Waals surface area contributed by atoms with E-state index in [1.165, 1.54) is 0 Å². The number of nitrogens with one attached hydrogen (secondary N) is 2. The number of pyridine rings is 1. The fourth-order valence-electron chi connectivity index (χ4n) is 2.21. The second-order valence-electron chi connectivity index (χ2n) is 5.22. The first-order chi connectivity index (χ1) is 11.1. The van der Waals surface area contributed by atoms with E-state index in [4.69, 9.17) is 14.9 Å². The van der Waals surface area contributed by atoms with Gasteiger partial charge in [0.05, 0.1) is 24.6 Å². The van der Waals surface area contributed by atoms with E-state index in [9.17, 15) is 4.79 Å². The summed E-state index contributed by atoms with van der Waals surface area (Å²) in [5.41, 5.74) is 1.53. The highest BCUT2D eigenvalue weighted by atomic mass is 16.5. The average Bonchev–Trinajstić information content (AvgIpc) is 2.55. The minimum absolute atomic E-state index is 0.258. The molecule has 0 saturated carbocycles. The maximum absolute atomic E-state index is 12.4. The molecule has 0 spiro atoms. The summed E-state index contributed by atoms with van der Waals surface area (Å²) in [5, 5.41) is 10.6. The molecule has 0 atom stereocenters. The normalized spacial score (nSPS) is 18.7. The maximum Gasteiger partial charge on any atom is 0.274 e. The van der Waals surface area contributed by atoms with Crippen LogP contribution in [0.5, 0.6) is 5.88 Å². The van der Waals surface area contributed by atoms with Crippen molar-refractivity contribution in [2.75, 3.05) is 13.2 Å². The molecule has 1 aliphatic heterocycles. The molecular weight excluding hydrogens is 294 g/mol. The highest BCUT2D eigenvalue weighted by molar-refractivity contribution is 6.10. The second-order valence-corrected chi connectivity index (χ2v) is 5.22. The number of nitrogens with zero attached hydrogens (tertiary/aromatic N) is 1. The molecule has 2 N–H and O–H groups in total. The van der Waals surface area contributed by atoms with E-state index in [2.05, 4.69) is 16.9 Å². The van der Waals surface area contributed by atoms with Crippen LogP contribution in [0.1, 0.15) is 23.3 Å². The number of fused-ring (bicyclic) bond motifs is 3. The lowest BCUT2D eigenvalue weighted by Crippen LogP contribution is -2.27. The van der Waals surface area contributed by atoms with E-state index in [1.807, 2.05) is 0 Å². The van der Waals surface area contributed by atoms with E-state index in [0.29, 0.717) is 36.1 Å². The number of allylic oxidation sites excluding steroid dienone is 3. The molecule has 1 amide bonds. The molecule has 0 aromatic carbocycles. The summed E-state index contributed by atoms with van der Waals surface area (Å²) in [6.07, 6.45) is 4.81. The first kappa shape index (κ1) is 15.0. The van der Waals surface area contributed by atoms with Crippen molar-refractivity contribution in [2.24, 2.45) is 0 Å². The highest BCUT2D eigenvalue weighted by Crippen LogP contribution is 2.20. The van der Waals surface area contributed by atoms with Crippen molar-refractivity contribution in [3.05, 3.63) is 59.7 Å². The zero-order chi connectivity index (χ0) is 16.2. The van der Waals surface area contributed by atoms with Gasteiger partial charge in [-0.15, -0.1) is 0 Å². The Morgan fingerprint density at radius 3 is 2.78 bits per heavy atom. The Hall–Kier alpha value is -2.89. The summed E-state index contributed by atoms with van der Waals surface area (Å²) in [7, 11) is 0. The second kappa shape index (κ2) is 6.48. The van der Waals surface area contributed by atoms with Gasteiger partial charge in [0.1, 0.15) is 11.5 Å². The first-order valence-corrected chi connectivity index (χ1v) is 7.39. The molecule has 1 aliphatic carbocycles. The smallest absolute Gasteiger partial charge is 0.274 e. The molecule has 2 heterocycles. The molecule has 6 nitrogen and oxygen atoms in total. The average molecular weight is 311 g/mol. The fourth-order valence-corrected chi connectivity index (χ4v) is 2.21. The van der Waals surface area contributed by atoms with Crippen molar-refractivity contribution in [1.29, 1.82) is 5.41 Å². The summed E-state index contributed by atoms with van der Waals surface area (Å²) in [6.45, 7) is 4.78. The first-order valence-electron chi connectivity index (χ1n) is 7.39. The summed E-state index contributed by atoms with van der Waals surface area (Å²) in [4.78, 5) is 16.6. The van der Waals surface area contributed by atoms with Crippen LogP contribution in [0.3, 0.4) is 0 Å². The van der Waals surface area contributed by atoms with Crippen LogP contribution < -0.4 is 10.1 Å². The number of carbonyl (C=O) groups is 1. The summed E-state index contributed by atoms with van der Waals surface area (Å²) < 4.78 is 11.2. The van der Waals surface area contributed by atoms with E-state index in [-0.39, 0.29) is 17.3 Å². The predicted molar refractivity (Wildman–Crippen MR) is 85.4 cm³/mol. The largest absolute Gasteiger partial charge is 0.491 e. The lowest BCUT2D eigenvalue weighted by Gasteiger charge is -2.19. The molecule has 3 rings (SSSR count). The molecule has 118 valence electrons. The van der Waals surface area contributed by atoms with Crippen LogP contribution >= 0.6 is 0 Å². The number of hydrogen-bond acceptors (Lipinski definition) is 5. The van der Waals surface area contributed by atoms with Crippen LogP contribution in [0.25, 0.3) is 0 Å². The Morgan fingerprint density at radius 2 is 1.96 bits per heavy atom. The molecule has 1 aromatic heterocycles. The molecule has 0 unspecified atom stereocenters. The number of rotatable bonds is 0. The quantitative estimate of drug-likeness (QED) is 0.770. The maximum atomic E-state index is 12.4. The van der Waals surface area contributed by atoms with Gasteiger partial charge in [-0.25, -0.2) is 4.98 Å². The van der Waals surface area contributed by atoms with Crippen molar-refractivity contribution in [3.8, 4) is 5.88 Å². The number of aromatic nitrogens is 1. The number of hydrogen-bond donors (Lipinski definition) is 2. The van der Waals surface area contributed by atoms with Gasteiger partial charge in [-0.1, -0.05) is 12.6 Å². The molecular formula is C17H17N3O3. The van der Waals surface area contributed by atoms with Gasteiger partial charge in [0, 0.05) is 12.1 Å². The monoisotopic (exact) mass is 311 g/mol. The Bertz CT molecular complexity index is 734. The molecule has 6 heteroatoms. The molecule has 0 fully saturated rings. The van der Waals surface area contributed by atoms with Crippen molar-refractivity contribution >= 4 is 11.6 Å². The van der Waals surface area contributed by atoms with Crippen LogP contribution in [0.15, 0.2) is 54.0 Å². The van der Waals surface area contributed by atoms with Crippen molar-refractivity contribution < 1.29 is 14.3 Å². The van der Waals surface area contributed by atoms with Crippen LogP contribution in [0.4, 0.5) is 0 Å². The zero-order valence-electron chi connectivity index (χ0n) is 12.6. The Morgan fingerprint density at radius 1 is 1.17 bits per heavy atom. The van der Waals surface area contributed by atoms with Gasteiger partial charge in [-0.3, -0.25) is 4.79 Å². The van der Waals surface area contributed by atoms with E-state index in [0.717, 1.165) is 12.8 Å². The number of amides is 1. The number of ether oxygens (including phenoxy) is 2. The van der Waals surface area contributed by atoms with Crippen LogP contribution in [-0.2, 0) is 4.74 Å². The molecule has 1 aromatic rings. The van der Waals surface area contributed by atoms with Gasteiger partial charge in [-0.2, -0.15) is 0 Å². The predicted octanol–water partition coefficient (Wildman–Crippen LogP) is 2.36. The number of carbonyl (C=O) groups excluding carboxylic acids is 1. The van der Waals surface area contributed by atoms with Crippen molar-refractivity contribution in [2.45, 2.75) is 12.8 Å². The van der Waals surface area contributed by atoms with Gasteiger partial charge in [-0.05, 0) is 30.6 Å². The topological polar surface area (TPSA) is 84.3 Å². The third kappa shape index (κ3) is 3.48. The van der Waals surface area contributed by atoms with Crippen molar-refractivity contribution in [3.63, 3.8) is 0 Å². The van der Waals surface area contributed by atoms with Gasteiger partial charge in [0.15, 0.2) is 0 Å². The molecule has 2 aliphatic rings. The molecule has 0 saturated heterocycles. The Kier molecular flexibility index (Phi) is 4.23. The summed E-state index contributed by atoms with van der Waals surface area (Å²) in [5.74, 6) is 0.529. The van der Waals surface area contributed by atoms with E-state index >= 15 is 0 Å². The van der Waals surface area contributed by atoms with Crippen molar-refractivity contribution in [1.82, 2.24) is 10.3 Å². The third-order valence-corrected chi connectivity index (χ3v) is 3.46. The third-order valence-electron chi connectivity index (χ3n) is 3.46. The summed E-state index contributed by atoms with van der Waals surface area (Å²) >= 11 is 0. The van der Waals surface area contributed by atoms with Gasteiger partial charge in [0.2, 0.25) is 5.88 Å². The molecule has 0 radical (unpaired) electrons. The highest BCUT2D eigenvalue weighted by Gasteiger charge is 2.19. The lowest BCUT2D eigenvalue weighted by molar-refractivity contribution is 0.0955. The van der Waals surface area contributed by atoms with Gasteiger partial charge in [0.25, 0.3) is 5.91 Å². The molecule has 2 bridgehead atoms. The van der Waals surface area contributed by atoms with Crippen LogP contribution in [0.2, 0.25) is 0 Å². The van der Waals surface area contributed by atoms with Gasteiger partial charge >= 0.3 is 0 Å². The Labute approximate surface area is 134 Å². The standard InChI is InChI=1S/C17H17N3O3/c1-11-9-14-15(10-12(11)18)22-7-2-3-8-23-16-6-4-5-13(19-16)17(21)20-14/h4-6,9-10,18H,1-3,7-8H2,(H,20,21). The molecule has 23 heavy (non-hydrogen) atoms. The summed E-state index contributed by atoms with van der Waals surface area (Å²) in [6, 6.07) is 5.07. The minimum Gasteiger partial charge on any atom is -0.491 e. The SMILES string of the molecule is C=C1C=C2NC(=O)c3cccc(n3)OCCCCOC2=CC1=N. The lowest BCUT2D eigenvalue weighted by atomic mass is 10.0. The fraction of sp³-hybridized carbons (Fsp3) is 0.235. The van der Waals surface area contributed by atoms with Crippen LogP contribution in [-0.4, -0.2) is 29.8 Å². The van der Waals surface area contributed by atoms with Gasteiger partial charge < -0.3 is 20.2 Å². The minimum atomic E-state index is -0.364. The van der Waals surface area contributed by atoms with E-state index < -0.39 is 0 Å².